The van der Waals surface area contributed by atoms with Crippen LogP contribution in [0.15, 0.2) is 47.6 Å². The average Bonchev–Trinajstić information content (AvgIpc) is 3.00. The van der Waals surface area contributed by atoms with Crippen molar-refractivity contribution in [3.05, 3.63) is 64.2 Å². The van der Waals surface area contributed by atoms with Gasteiger partial charge in [-0.1, -0.05) is 23.8 Å². The number of hydrazone groups is 1. The van der Waals surface area contributed by atoms with E-state index in [0.717, 1.165) is 12.1 Å². The molecule has 0 aromatic heterocycles. The Labute approximate surface area is 157 Å². The van der Waals surface area contributed by atoms with Gasteiger partial charge in [-0.3, -0.25) is 0 Å². The fraction of sp³-hybridized carbons (Fsp3) is 0.176. The van der Waals surface area contributed by atoms with Crippen LogP contribution in [-0.2, 0) is 17.5 Å². The first-order valence-corrected chi connectivity index (χ1v) is 8.25. The third-order valence-corrected chi connectivity index (χ3v) is 4.16. The van der Waals surface area contributed by atoms with E-state index in [-0.39, 0.29) is 18.2 Å². The minimum Gasteiger partial charge on any atom is -0.508 e. The van der Waals surface area contributed by atoms with Gasteiger partial charge in [0.25, 0.3) is 0 Å². The highest BCUT2D eigenvalue weighted by Gasteiger charge is 2.31. The Morgan fingerprint density at radius 1 is 1.23 bits per heavy atom. The number of aromatic hydroxyl groups is 1. The molecule has 1 N–H and O–H groups in total. The number of phenols is 1. The number of alkyl halides is 3. The molecule has 0 amide bonds. The lowest BCUT2D eigenvalue weighted by atomic mass is 10.1. The van der Waals surface area contributed by atoms with Gasteiger partial charge in [-0.25, -0.2) is 5.01 Å². The second-order valence-corrected chi connectivity index (χ2v) is 6.20. The van der Waals surface area contributed by atoms with E-state index in [0.29, 0.717) is 16.1 Å². The predicted molar refractivity (Wildman–Crippen MR) is 95.2 cm³/mol. The quantitative estimate of drug-likeness (QED) is 0.763. The van der Waals surface area contributed by atoms with Crippen LogP contribution >= 0.6 is 23.8 Å². The molecule has 0 saturated heterocycles. The number of benzene rings is 2. The number of nitrogens with zero attached hydrogens (tertiary/aromatic N) is 2. The van der Waals surface area contributed by atoms with Crippen molar-refractivity contribution in [3.63, 3.8) is 0 Å². The second-order valence-electron chi connectivity index (χ2n) is 5.50. The SMILES string of the molecule is Oc1ccc(Cl)cc1CN1N=C(c2ccc(C(F)(F)F)cc2)OC1C=S. The maximum Gasteiger partial charge on any atom is 0.416 e. The van der Waals surface area contributed by atoms with E-state index in [2.05, 4.69) is 5.10 Å². The van der Waals surface area contributed by atoms with Gasteiger partial charge < -0.3 is 9.84 Å². The zero-order valence-corrected chi connectivity index (χ0v) is 14.6. The first-order valence-electron chi connectivity index (χ1n) is 7.40. The summed E-state index contributed by atoms with van der Waals surface area (Å²) in [5.74, 6) is 0.182. The summed E-state index contributed by atoms with van der Waals surface area (Å²) < 4.78 is 43.6. The van der Waals surface area contributed by atoms with Gasteiger partial charge in [0.2, 0.25) is 12.1 Å². The van der Waals surface area contributed by atoms with Crippen molar-refractivity contribution < 1.29 is 23.0 Å². The maximum absolute atomic E-state index is 12.7. The van der Waals surface area contributed by atoms with Crippen molar-refractivity contribution in [2.75, 3.05) is 0 Å². The molecule has 0 fully saturated rings. The van der Waals surface area contributed by atoms with Crippen LogP contribution in [0.5, 0.6) is 5.75 Å². The molecular weight excluding hydrogens is 389 g/mol. The van der Waals surface area contributed by atoms with Gasteiger partial charge in [0.05, 0.1) is 12.1 Å². The Morgan fingerprint density at radius 3 is 2.54 bits per heavy atom. The molecule has 0 radical (unpaired) electrons. The van der Waals surface area contributed by atoms with Crippen molar-refractivity contribution in [2.24, 2.45) is 5.10 Å². The summed E-state index contributed by atoms with van der Waals surface area (Å²) in [6, 6.07) is 9.07. The molecule has 1 atom stereocenters. The van der Waals surface area contributed by atoms with E-state index in [1.807, 2.05) is 0 Å². The van der Waals surface area contributed by atoms with E-state index < -0.39 is 18.0 Å². The Balaban J connectivity index is 1.84. The van der Waals surface area contributed by atoms with Crippen LogP contribution in [0.3, 0.4) is 0 Å². The van der Waals surface area contributed by atoms with Crippen LogP contribution in [0.2, 0.25) is 5.02 Å². The van der Waals surface area contributed by atoms with Crippen LogP contribution < -0.4 is 0 Å². The molecule has 0 aliphatic carbocycles. The van der Waals surface area contributed by atoms with Gasteiger partial charge in [0.1, 0.15) is 5.75 Å². The van der Waals surface area contributed by atoms with Crippen molar-refractivity contribution >= 4 is 35.1 Å². The Morgan fingerprint density at radius 2 is 1.92 bits per heavy atom. The summed E-state index contributed by atoms with van der Waals surface area (Å²) in [7, 11) is 0. The Kier molecular flexibility index (Phi) is 5.06. The van der Waals surface area contributed by atoms with E-state index in [1.54, 1.807) is 12.1 Å². The van der Waals surface area contributed by atoms with Crippen molar-refractivity contribution in [1.29, 1.82) is 0 Å². The smallest absolute Gasteiger partial charge is 0.416 e. The first kappa shape index (κ1) is 18.5. The Hall–Kier alpha value is -2.32. The molecule has 3 rings (SSSR count). The molecule has 0 saturated carbocycles. The number of thiocarbonyl (C=S) groups is 1. The number of hydrogen-bond donors (Lipinski definition) is 1. The topological polar surface area (TPSA) is 45.1 Å². The second kappa shape index (κ2) is 7.13. The molecule has 1 heterocycles. The highest BCUT2D eigenvalue weighted by Crippen LogP contribution is 2.30. The maximum atomic E-state index is 12.7. The normalized spacial score (nSPS) is 17.0. The monoisotopic (exact) mass is 400 g/mol. The molecule has 136 valence electrons. The molecule has 4 nitrogen and oxygen atoms in total. The Bertz CT molecular complexity index is 856. The van der Waals surface area contributed by atoms with Gasteiger partial charge in [-0.05, 0) is 42.5 Å². The molecule has 1 unspecified atom stereocenters. The largest absolute Gasteiger partial charge is 0.508 e. The number of ether oxygens (including phenoxy) is 1. The molecular formula is C17H12ClF3N2O2S. The molecule has 2 aromatic rings. The standard InChI is InChI=1S/C17H12ClF3N2O2S/c18-13-5-6-14(24)11(7-13)8-23-15(9-26)25-16(22-23)10-1-3-12(4-2-10)17(19,20)21/h1-7,9,15,24H,8H2. The number of rotatable bonds is 4. The molecule has 0 spiro atoms. The van der Waals surface area contributed by atoms with Crippen LogP contribution in [0.4, 0.5) is 13.2 Å². The zero-order chi connectivity index (χ0) is 18.9. The molecule has 1 aliphatic rings. The minimum absolute atomic E-state index is 0.0377. The van der Waals surface area contributed by atoms with Gasteiger partial charge in [-0.15, -0.1) is 5.10 Å². The number of halogens is 4. The van der Waals surface area contributed by atoms with Crippen molar-refractivity contribution in [2.45, 2.75) is 18.9 Å². The third kappa shape index (κ3) is 3.91. The summed E-state index contributed by atoms with van der Waals surface area (Å²) in [5.41, 5.74) is 0.143. The molecule has 1 aliphatic heterocycles. The summed E-state index contributed by atoms with van der Waals surface area (Å²) in [4.78, 5) is 0. The lowest BCUT2D eigenvalue weighted by Gasteiger charge is -2.18. The summed E-state index contributed by atoms with van der Waals surface area (Å²) in [6.45, 7) is 0.161. The van der Waals surface area contributed by atoms with Crippen molar-refractivity contribution in [3.8, 4) is 5.75 Å². The fourth-order valence-corrected chi connectivity index (χ4v) is 2.77. The fourth-order valence-electron chi connectivity index (χ4n) is 2.38. The van der Waals surface area contributed by atoms with E-state index in [1.165, 1.54) is 28.6 Å². The third-order valence-electron chi connectivity index (χ3n) is 3.69. The number of hydrogen-bond acceptors (Lipinski definition) is 5. The van der Waals surface area contributed by atoms with Gasteiger partial charge in [0.15, 0.2) is 0 Å². The number of phenolic OH excluding ortho intramolecular Hbond substituents is 1. The molecule has 2 aromatic carbocycles. The zero-order valence-electron chi connectivity index (χ0n) is 13.1. The summed E-state index contributed by atoms with van der Waals surface area (Å²) in [6.07, 6.45) is -5.11. The van der Waals surface area contributed by atoms with E-state index >= 15 is 0 Å². The van der Waals surface area contributed by atoms with Crippen LogP contribution in [0, 0.1) is 0 Å². The summed E-state index contributed by atoms with van der Waals surface area (Å²) >= 11 is 10.9. The molecule has 26 heavy (non-hydrogen) atoms. The van der Waals surface area contributed by atoms with Crippen LogP contribution in [0.25, 0.3) is 0 Å². The van der Waals surface area contributed by atoms with Crippen LogP contribution in [0.1, 0.15) is 16.7 Å². The van der Waals surface area contributed by atoms with Crippen molar-refractivity contribution in [1.82, 2.24) is 5.01 Å². The minimum atomic E-state index is -4.41. The van der Waals surface area contributed by atoms with Gasteiger partial charge in [-0.2, -0.15) is 13.2 Å². The lowest BCUT2D eigenvalue weighted by molar-refractivity contribution is -0.137. The highest BCUT2D eigenvalue weighted by molar-refractivity contribution is 7.79. The lowest BCUT2D eigenvalue weighted by Crippen LogP contribution is -2.28. The van der Waals surface area contributed by atoms with E-state index in [9.17, 15) is 18.3 Å². The van der Waals surface area contributed by atoms with Crippen LogP contribution in [-0.4, -0.2) is 27.6 Å². The van der Waals surface area contributed by atoms with Gasteiger partial charge >= 0.3 is 6.18 Å². The highest BCUT2D eigenvalue weighted by atomic mass is 35.5. The molecule has 0 bridgehead atoms. The average molecular weight is 401 g/mol. The predicted octanol–water partition coefficient (Wildman–Crippen LogP) is 4.58. The summed E-state index contributed by atoms with van der Waals surface area (Å²) in [5, 5.41) is 17.5. The first-order chi connectivity index (χ1) is 12.3. The molecule has 9 heteroatoms. The van der Waals surface area contributed by atoms with Gasteiger partial charge in [0, 0.05) is 21.5 Å². The van der Waals surface area contributed by atoms with E-state index in [4.69, 9.17) is 28.6 Å².